The Morgan fingerprint density at radius 3 is 2.51 bits per heavy atom. The van der Waals surface area contributed by atoms with Crippen molar-refractivity contribution in [2.75, 3.05) is 13.1 Å². The molecule has 8 nitrogen and oxygen atoms in total. The Hall–Kier alpha value is -2.43. The molecular formula is C26H34IN5O3. The summed E-state index contributed by atoms with van der Waals surface area (Å²) in [4.78, 5) is 41.2. The average Bonchev–Trinajstić information content (AvgIpc) is 3.52. The van der Waals surface area contributed by atoms with Crippen LogP contribution in [0.1, 0.15) is 78.1 Å². The summed E-state index contributed by atoms with van der Waals surface area (Å²) in [5.74, 6) is -0.723. The van der Waals surface area contributed by atoms with E-state index >= 15 is 0 Å². The molecule has 1 aliphatic carbocycles. The molecule has 35 heavy (non-hydrogen) atoms. The third kappa shape index (κ3) is 5.54. The van der Waals surface area contributed by atoms with Gasteiger partial charge in [-0.15, -0.1) is 0 Å². The molecule has 0 saturated heterocycles. The van der Waals surface area contributed by atoms with Crippen LogP contribution in [-0.2, 0) is 22.2 Å². The molecule has 1 aromatic carbocycles. The number of carbonyl (C=O) groups is 3. The van der Waals surface area contributed by atoms with Gasteiger partial charge in [-0.05, 0) is 43.7 Å². The predicted molar refractivity (Wildman–Crippen MR) is 143 cm³/mol. The zero-order chi connectivity index (χ0) is 25.0. The standard InChI is InChI=1S/C26H34IN5O3/c1-3-14-31-24(34)22-15-21(23(33)28-13-12-18-8-10-19(16-27)11-9-18)30-32(22)17-26(31,2)25(35)29-20-6-4-5-7-20/h8-11,15,20H,3-7,12-14,16-17H2,1-2H3,(H,28,33)(H,29,35). The van der Waals surface area contributed by atoms with Gasteiger partial charge in [0, 0.05) is 29.6 Å². The summed E-state index contributed by atoms with van der Waals surface area (Å²) in [5, 5.41) is 10.5. The number of alkyl halides is 1. The van der Waals surface area contributed by atoms with Crippen molar-refractivity contribution in [1.82, 2.24) is 25.3 Å². The molecule has 3 amide bonds. The number of amides is 3. The van der Waals surface area contributed by atoms with E-state index < -0.39 is 5.54 Å². The molecule has 1 unspecified atom stereocenters. The van der Waals surface area contributed by atoms with E-state index in [1.165, 1.54) is 10.2 Å². The first kappa shape index (κ1) is 25.7. The van der Waals surface area contributed by atoms with Crippen LogP contribution in [0.3, 0.4) is 0 Å². The highest BCUT2D eigenvalue weighted by Gasteiger charge is 2.48. The fourth-order valence-corrected chi connectivity index (χ4v) is 5.45. The number of benzene rings is 1. The van der Waals surface area contributed by atoms with Crippen molar-refractivity contribution in [3.05, 3.63) is 52.8 Å². The van der Waals surface area contributed by atoms with Crippen LogP contribution >= 0.6 is 22.6 Å². The van der Waals surface area contributed by atoms with Gasteiger partial charge in [-0.2, -0.15) is 5.10 Å². The van der Waals surface area contributed by atoms with Gasteiger partial charge in [-0.1, -0.05) is 66.6 Å². The summed E-state index contributed by atoms with van der Waals surface area (Å²) in [7, 11) is 0. The van der Waals surface area contributed by atoms with Crippen molar-refractivity contribution in [3.8, 4) is 0 Å². The topological polar surface area (TPSA) is 96.3 Å². The van der Waals surface area contributed by atoms with Crippen LogP contribution in [0.25, 0.3) is 0 Å². The fraction of sp³-hybridized carbons (Fsp3) is 0.538. The maximum Gasteiger partial charge on any atom is 0.273 e. The van der Waals surface area contributed by atoms with Gasteiger partial charge in [0.05, 0.1) is 6.54 Å². The average molecular weight is 591 g/mol. The lowest BCUT2D eigenvalue weighted by molar-refractivity contribution is -0.133. The first-order chi connectivity index (χ1) is 16.9. The van der Waals surface area contributed by atoms with Crippen molar-refractivity contribution in [2.24, 2.45) is 0 Å². The summed E-state index contributed by atoms with van der Waals surface area (Å²) in [5.41, 5.74) is 1.92. The van der Waals surface area contributed by atoms with Gasteiger partial charge in [0.1, 0.15) is 11.2 Å². The van der Waals surface area contributed by atoms with Crippen LogP contribution < -0.4 is 10.6 Å². The zero-order valence-corrected chi connectivity index (χ0v) is 22.6. The van der Waals surface area contributed by atoms with Crippen LogP contribution in [-0.4, -0.2) is 57.1 Å². The molecule has 0 spiro atoms. The first-order valence-electron chi connectivity index (χ1n) is 12.5. The van der Waals surface area contributed by atoms with Crippen LogP contribution in [0.4, 0.5) is 0 Å². The SMILES string of the molecule is CCCN1C(=O)c2cc(C(=O)NCCc3ccc(CI)cc3)nn2CC1(C)C(=O)NC1CCCC1. The Bertz CT molecular complexity index is 1080. The second-order valence-corrected chi connectivity index (χ2v) is 10.5. The van der Waals surface area contributed by atoms with Gasteiger partial charge in [0.2, 0.25) is 5.91 Å². The maximum atomic E-state index is 13.4. The number of carbonyl (C=O) groups excluding carboxylic acids is 3. The third-order valence-electron chi connectivity index (χ3n) is 7.03. The van der Waals surface area contributed by atoms with Crippen LogP contribution in [0, 0.1) is 0 Å². The number of halogens is 1. The first-order valence-corrected chi connectivity index (χ1v) is 14.0. The molecule has 1 fully saturated rings. The van der Waals surface area contributed by atoms with Crippen molar-refractivity contribution >= 4 is 40.3 Å². The molecule has 1 saturated carbocycles. The van der Waals surface area contributed by atoms with E-state index in [4.69, 9.17) is 0 Å². The van der Waals surface area contributed by atoms with Crippen molar-refractivity contribution in [3.63, 3.8) is 0 Å². The summed E-state index contributed by atoms with van der Waals surface area (Å²) >= 11 is 2.33. The van der Waals surface area contributed by atoms with Crippen LogP contribution in [0.2, 0.25) is 0 Å². The highest BCUT2D eigenvalue weighted by Crippen LogP contribution is 2.29. The molecule has 2 aliphatic rings. The van der Waals surface area contributed by atoms with Gasteiger partial charge >= 0.3 is 0 Å². The van der Waals surface area contributed by atoms with Gasteiger partial charge in [-0.3, -0.25) is 19.1 Å². The quantitative estimate of drug-likeness (QED) is 0.345. The van der Waals surface area contributed by atoms with Gasteiger partial charge in [0.25, 0.3) is 11.8 Å². The highest BCUT2D eigenvalue weighted by atomic mass is 127. The van der Waals surface area contributed by atoms with E-state index in [0.717, 1.165) is 42.1 Å². The summed E-state index contributed by atoms with van der Waals surface area (Å²) in [6.07, 6.45) is 5.63. The Labute approximate surface area is 220 Å². The zero-order valence-electron chi connectivity index (χ0n) is 20.5. The molecule has 2 heterocycles. The van der Waals surface area contributed by atoms with Crippen LogP contribution in [0.15, 0.2) is 30.3 Å². The lowest BCUT2D eigenvalue weighted by Gasteiger charge is -2.43. The van der Waals surface area contributed by atoms with E-state index in [2.05, 4.69) is 62.6 Å². The third-order valence-corrected chi connectivity index (χ3v) is 7.91. The molecule has 1 aliphatic heterocycles. The number of nitrogens with one attached hydrogen (secondary N) is 2. The Morgan fingerprint density at radius 2 is 1.86 bits per heavy atom. The highest BCUT2D eigenvalue weighted by molar-refractivity contribution is 14.1. The van der Waals surface area contributed by atoms with Gasteiger partial charge in [0.15, 0.2) is 5.69 Å². The molecule has 0 radical (unpaired) electrons. The molecule has 2 aromatic rings. The molecular weight excluding hydrogens is 557 g/mol. The number of hydrogen-bond donors (Lipinski definition) is 2. The Balaban J connectivity index is 1.45. The molecule has 188 valence electrons. The minimum Gasteiger partial charge on any atom is -0.351 e. The van der Waals surface area contributed by atoms with Crippen molar-refractivity contribution in [1.29, 1.82) is 0 Å². The molecule has 1 atom stereocenters. The smallest absolute Gasteiger partial charge is 0.273 e. The van der Waals surface area contributed by atoms with E-state index in [9.17, 15) is 14.4 Å². The minimum atomic E-state index is -1.05. The van der Waals surface area contributed by atoms with Gasteiger partial charge in [-0.25, -0.2) is 0 Å². The minimum absolute atomic E-state index is 0.146. The lowest BCUT2D eigenvalue weighted by Crippen LogP contribution is -2.65. The second kappa shape index (κ2) is 11.1. The number of nitrogens with zero attached hydrogens (tertiary/aromatic N) is 3. The van der Waals surface area contributed by atoms with Crippen molar-refractivity contribution in [2.45, 2.75) is 74.9 Å². The number of aromatic nitrogens is 2. The number of hydrogen-bond acceptors (Lipinski definition) is 4. The molecule has 9 heteroatoms. The van der Waals surface area contributed by atoms with E-state index in [-0.39, 0.29) is 36.0 Å². The van der Waals surface area contributed by atoms with Crippen molar-refractivity contribution < 1.29 is 14.4 Å². The normalized spacial score (nSPS) is 20.1. The van der Waals surface area contributed by atoms with E-state index in [1.54, 1.807) is 17.9 Å². The van der Waals surface area contributed by atoms with E-state index in [1.807, 2.05) is 6.92 Å². The molecule has 2 N–H and O–H groups in total. The Morgan fingerprint density at radius 1 is 1.17 bits per heavy atom. The predicted octanol–water partition coefficient (Wildman–Crippen LogP) is 3.47. The maximum absolute atomic E-state index is 13.4. The fourth-order valence-electron chi connectivity index (χ4n) is 4.94. The summed E-state index contributed by atoms with van der Waals surface area (Å²) in [6.45, 7) is 4.96. The van der Waals surface area contributed by atoms with Crippen LogP contribution in [0.5, 0.6) is 0 Å². The monoisotopic (exact) mass is 591 g/mol. The molecule has 0 bridgehead atoms. The lowest BCUT2D eigenvalue weighted by atomic mass is 9.94. The largest absolute Gasteiger partial charge is 0.351 e. The van der Waals surface area contributed by atoms with Gasteiger partial charge < -0.3 is 15.5 Å². The number of rotatable bonds is 9. The molecule has 1 aromatic heterocycles. The second-order valence-electron chi connectivity index (χ2n) is 9.71. The Kier molecular flexibility index (Phi) is 8.13. The van der Waals surface area contributed by atoms with E-state index in [0.29, 0.717) is 25.2 Å². The molecule has 4 rings (SSSR count). The number of fused-ring (bicyclic) bond motifs is 1. The summed E-state index contributed by atoms with van der Waals surface area (Å²) in [6, 6.07) is 10.1. The summed E-state index contributed by atoms with van der Waals surface area (Å²) < 4.78 is 2.50.